The van der Waals surface area contributed by atoms with E-state index < -0.39 is 0 Å². The summed E-state index contributed by atoms with van der Waals surface area (Å²) in [5.41, 5.74) is 1.50. The van der Waals surface area contributed by atoms with Crippen LogP contribution in [-0.4, -0.2) is 31.0 Å². The topological polar surface area (TPSA) is 55.8 Å². The zero-order chi connectivity index (χ0) is 14.5. The van der Waals surface area contributed by atoms with Crippen LogP contribution in [-0.2, 0) is 20.9 Å². The van der Waals surface area contributed by atoms with Gasteiger partial charge < -0.3 is 14.4 Å². The van der Waals surface area contributed by atoms with Gasteiger partial charge in [0.2, 0.25) is 5.91 Å². The predicted octanol–water partition coefficient (Wildman–Crippen LogP) is 1.87. The Morgan fingerprint density at radius 1 is 1.20 bits per heavy atom. The van der Waals surface area contributed by atoms with E-state index in [0.29, 0.717) is 25.0 Å². The Balaban J connectivity index is 2.13. The molecule has 0 spiro atoms. The second-order valence-electron chi connectivity index (χ2n) is 4.52. The molecule has 5 heteroatoms. The SMILES string of the molecule is COC(=O)C1=CN(Cc2ccc(OC)cc2)C(=O)CC1. The maximum Gasteiger partial charge on any atom is 0.335 e. The summed E-state index contributed by atoms with van der Waals surface area (Å²) in [6.45, 7) is 0.434. The standard InChI is InChI=1S/C15H17NO4/c1-19-13-6-3-11(4-7-13)9-16-10-12(15(18)20-2)5-8-14(16)17/h3-4,6-7,10H,5,8-9H2,1-2H3. The largest absolute Gasteiger partial charge is 0.497 e. The Kier molecular flexibility index (Phi) is 4.40. The van der Waals surface area contributed by atoms with Crippen molar-refractivity contribution >= 4 is 11.9 Å². The molecule has 1 aliphatic rings. The number of methoxy groups -OCH3 is 2. The second-order valence-corrected chi connectivity index (χ2v) is 4.52. The molecule has 0 N–H and O–H groups in total. The molecule has 20 heavy (non-hydrogen) atoms. The number of hydrogen-bond donors (Lipinski definition) is 0. The Labute approximate surface area is 117 Å². The first-order valence-electron chi connectivity index (χ1n) is 6.35. The molecule has 0 saturated heterocycles. The molecule has 0 fully saturated rings. The molecule has 0 aromatic heterocycles. The van der Waals surface area contributed by atoms with Crippen LogP contribution in [0.4, 0.5) is 0 Å². The normalized spacial score (nSPS) is 14.8. The lowest BCUT2D eigenvalue weighted by molar-refractivity contribution is -0.137. The van der Waals surface area contributed by atoms with Crippen molar-refractivity contribution in [3.05, 3.63) is 41.6 Å². The summed E-state index contributed by atoms with van der Waals surface area (Å²) in [4.78, 5) is 24.9. The summed E-state index contributed by atoms with van der Waals surface area (Å²) in [6, 6.07) is 7.47. The highest BCUT2D eigenvalue weighted by Crippen LogP contribution is 2.20. The smallest absolute Gasteiger partial charge is 0.335 e. The van der Waals surface area contributed by atoms with E-state index in [1.54, 1.807) is 18.2 Å². The van der Waals surface area contributed by atoms with Crippen LogP contribution < -0.4 is 4.74 Å². The van der Waals surface area contributed by atoms with Crippen molar-refractivity contribution in [1.82, 2.24) is 4.90 Å². The number of carbonyl (C=O) groups excluding carboxylic acids is 2. The molecule has 0 aliphatic carbocycles. The minimum Gasteiger partial charge on any atom is -0.497 e. The molecular formula is C15H17NO4. The van der Waals surface area contributed by atoms with Crippen molar-refractivity contribution < 1.29 is 19.1 Å². The van der Waals surface area contributed by atoms with Crippen LogP contribution in [0.25, 0.3) is 0 Å². The van der Waals surface area contributed by atoms with E-state index in [4.69, 9.17) is 9.47 Å². The van der Waals surface area contributed by atoms with Gasteiger partial charge in [0, 0.05) is 12.6 Å². The molecule has 1 heterocycles. The average Bonchev–Trinajstić information content (AvgIpc) is 2.49. The van der Waals surface area contributed by atoms with Crippen LogP contribution >= 0.6 is 0 Å². The number of hydrogen-bond acceptors (Lipinski definition) is 4. The summed E-state index contributed by atoms with van der Waals surface area (Å²) in [6.07, 6.45) is 2.35. The Morgan fingerprint density at radius 2 is 1.90 bits per heavy atom. The lowest BCUT2D eigenvalue weighted by Gasteiger charge is -2.24. The van der Waals surface area contributed by atoms with Crippen molar-refractivity contribution in [3.63, 3.8) is 0 Å². The number of esters is 1. The summed E-state index contributed by atoms with van der Waals surface area (Å²) < 4.78 is 9.78. The van der Waals surface area contributed by atoms with Gasteiger partial charge >= 0.3 is 5.97 Å². The maximum atomic E-state index is 11.9. The molecule has 5 nitrogen and oxygen atoms in total. The van der Waals surface area contributed by atoms with E-state index in [0.717, 1.165) is 11.3 Å². The molecule has 0 radical (unpaired) electrons. The summed E-state index contributed by atoms with van der Waals surface area (Å²) >= 11 is 0. The highest BCUT2D eigenvalue weighted by atomic mass is 16.5. The fourth-order valence-corrected chi connectivity index (χ4v) is 2.06. The van der Waals surface area contributed by atoms with E-state index in [-0.39, 0.29) is 11.9 Å². The summed E-state index contributed by atoms with van der Waals surface area (Å²) in [7, 11) is 2.95. The first kappa shape index (κ1) is 14.1. The third kappa shape index (κ3) is 3.17. The number of amides is 1. The Bertz CT molecular complexity index is 533. The first-order chi connectivity index (χ1) is 9.63. The van der Waals surface area contributed by atoms with Gasteiger partial charge in [-0.25, -0.2) is 4.79 Å². The summed E-state index contributed by atoms with van der Waals surface area (Å²) in [5, 5.41) is 0. The van der Waals surface area contributed by atoms with Gasteiger partial charge in [-0.2, -0.15) is 0 Å². The highest BCUT2D eigenvalue weighted by Gasteiger charge is 2.22. The third-order valence-electron chi connectivity index (χ3n) is 3.20. The number of ether oxygens (including phenoxy) is 2. The van der Waals surface area contributed by atoms with Gasteiger partial charge in [-0.3, -0.25) is 4.79 Å². The minimum atomic E-state index is -0.378. The molecular weight excluding hydrogens is 258 g/mol. The number of nitrogens with zero attached hydrogens (tertiary/aromatic N) is 1. The lowest BCUT2D eigenvalue weighted by atomic mass is 10.1. The molecule has 0 atom stereocenters. The Hall–Kier alpha value is -2.30. The fraction of sp³-hybridized carbons (Fsp3) is 0.333. The van der Waals surface area contributed by atoms with E-state index in [2.05, 4.69) is 0 Å². The Morgan fingerprint density at radius 3 is 2.50 bits per heavy atom. The van der Waals surface area contributed by atoms with Gasteiger partial charge in [0.25, 0.3) is 0 Å². The molecule has 0 unspecified atom stereocenters. The second kappa shape index (κ2) is 6.23. The highest BCUT2D eigenvalue weighted by molar-refractivity contribution is 5.92. The minimum absolute atomic E-state index is 0.00784. The zero-order valence-corrected chi connectivity index (χ0v) is 11.6. The number of carbonyl (C=O) groups is 2. The fourth-order valence-electron chi connectivity index (χ4n) is 2.06. The molecule has 1 aliphatic heterocycles. The average molecular weight is 275 g/mol. The maximum absolute atomic E-state index is 11.9. The van der Waals surface area contributed by atoms with E-state index >= 15 is 0 Å². The van der Waals surface area contributed by atoms with Crippen molar-refractivity contribution in [2.75, 3.05) is 14.2 Å². The van der Waals surface area contributed by atoms with Crippen molar-refractivity contribution in [2.45, 2.75) is 19.4 Å². The van der Waals surface area contributed by atoms with E-state index in [1.165, 1.54) is 7.11 Å². The molecule has 1 amide bonds. The van der Waals surface area contributed by atoms with Gasteiger partial charge in [-0.05, 0) is 24.1 Å². The van der Waals surface area contributed by atoms with Crippen LogP contribution in [0.3, 0.4) is 0 Å². The van der Waals surface area contributed by atoms with Gasteiger partial charge in [0.05, 0.1) is 26.3 Å². The van der Waals surface area contributed by atoms with Crippen molar-refractivity contribution in [2.24, 2.45) is 0 Å². The third-order valence-corrected chi connectivity index (χ3v) is 3.20. The lowest BCUT2D eigenvalue weighted by Crippen LogP contribution is -2.30. The van der Waals surface area contributed by atoms with Crippen molar-refractivity contribution in [1.29, 1.82) is 0 Å². The zero-order valence-electron chi connectivity index (χ0n) is 11.6. The van der Waals surface area contributed by atoms with Gasteiger partial charge in [0.1, 0.15) is 5.75 Å². The number of rotatable bonds is 4. The van der Waals surface area contributed by atoms with Gasteiger partial charge in [-0.1, -0.05) is 12.1 Å². The molecule has 2 rings (SSSR count). The number of benzene rings is 1. The van der Waals surface area contributed by atoms with Crippen LogP contribution in [0.2, 0.25) is 0 Å². The van der Waals surface area contributed by atoms with Crippen molar-refractivity contribution in [3.8, 4) is 5.75 Å². The van der Waals surface area contributed by atoms with E-state index in [9.17, 15) is 9.59 Å². The molecule has 0 saturated carbocycles. The first-order valence-corrected chi connectivity index (χ1v) is 6.35. The van der Waals surface area contributed by atoms with Gasteiger partial charge in [0.15, 0.2) is 0 Å². The van der Waals surface area contributed by atoms with E-state index in [1.807, 2.05) is 24.3 Å². The van der Waals surface area contributed by atoms with Crippen LogP contribution in [0.1, 0.15) is 18.4 Å². The van der Waals surface area contributed by atoms with Gasteiger partial charge in [-0.15, -0.1) is 0 Å². The summed E-state index contributed by atoms with van der Waals surface area (Å²) in [5.74, 6) is 0.398. The molecule has 106 valence electrons. The molecule has 1 aromatic rings. The van der Waals surface area contributed by atoms with Crippen LogP contribution in [0, 0.1) is 0 Å². The quantitative estimate of drug-likeness (QED) is 0.787. The van der Waals surface area contributed by atoms with Crippen LogP contribution in [0.15, 0.2) is 36.0 Å². The van der Waals surface area contributed by atoms with Crippen LogP contribution in [0.5, 0.6) is 5.75 Å². The monoisotopic (exact) mass is 275 g/mol. The molecule has 0 bridgehead atoms. The predicted molar refractivity (Wildman–Crippen MR) is 72.9 cm³/mol. The molecule has 1 aromatic carbocycles.